The first-order chi connectivity index (χ1) is 29.7. The van der Waals surface area contributed by atoms with Gasteiger partial charge in [-0.05, 0) is 166 Å². The standard InChI is InChI=1S/C60H79BN2O/c1-18-47-46(34-42-36-56(10,11)27-28-57(42,12)13)61-52-49(31-38(2)32-50(52)63(47)48-35-45-44(33-39(48)3)58(14,15)29-30-59(45,16)17)62(43-21-19-40(20-22-43)54(4,5)6)51-37-60(64-53(51)61)25-23-41(24-26-60)55(7,8)9/h19-25,31-35H,18,26-30,36-37H2,1-17H3/b42-34+. The van der Waals surface area contributed by atoms with Gasteiger partial charge in [0.05, 0.1) is 11.4 Å². The molecule has 0 radical (unpaired) electrons. The van der Waals surface area contributed by atoms with Crippen molar-refractivity contribution in [2.75, 3.05) is 9.80 Å². The number of hydrogen-bond acceptors (Lipinski definition) is 3. The molecule has 3 aliphatic carbocycles. The number of benzene rings is 3. The van der Waals surface area contributed by atoms with E-state index in [9.17, 15) is 0 Å². The Balaban J connectivity index is 1.35. The molecule has 0 aromatic heterocycles. The molecule has 1 spiro atoms. The highest BCUT2D eigenvalue weighted by Gasteiger charge is 2.54. The van der Waals surface area contributed by atoms with Gasteiger partial charge in [-0.3, -0.25) is 0 Å². The molecule has 0 amide bonds. The normalized spacial score (nSPS) is 24.8. The highest BCUT2D eigenvalue weighted by Crippen LogP contribution is 2.56. The van der Waals surface area contributed by atoms with E-state index in [4.69, 9.17) is 4.74 Å². The number of allylic oxidation sites excluding steroid dienone is 6. The fourth-order valence-electron chi connectivity index (χ4n) is 12.2. The van der Waals surface area contributed by atoms with Crippen LogP contribution in [-0.4, -0.2) is 12.3 Å². The molecule has 0 saturated heterocycles. The van der Waals surface area contributed by atoms with Gasteiger partial charge in [-0.15, -0.1) is 0 Å². The van der Waals surface area contributed by atoms with Crippen LogP contribution in [0.25, 0.3) is 0 Å². The summed E-state index contributed by atoms with van der Waals surface area (Å²) >= 11 is 0. The van der Waals surface area contributed by atoms with Gasteiger partial charge >= 0.3 is 0 Å². The minimum absolute atomic E-state index is 0.0284. The van der Waals surface area contributed by atoms with E-state index in [0.717, 1.165) is 31.3 Å². The highest BCUT2D eigenvalue weighted by molar-refractivity contribution is 6.89. The smallest absolute Gasteiger partial charge is 0.295 e. The lowest BCUT2D eigenvalue weighted by molar-refractivity contribution is 0.0842. The zero-order valence-corrected chi connectivity index (χ0v) is 43.0. The van der Waals surface area contributed by atoms with E-state index in [0.29, 0.717) is 0 Å². The Morgan fingerprint density at radius 1 is 0.703 bits per heavy atom. The van der Waals surface area contributed by atoms with Gasteiger partial charge in [-0.25, -0.2) is 0 Å². The number of ether oxygens (including phenoxy) is 1. The van der Waals surface area contributed by atoms with Crippen LogP contribution in [-0.2, 0) is 21.0 Å². The maximum absolute atomic E-state index is 7.78. The molecule has 3 aliphatic heterocycles. The first-order valence-corrected chi connectivity index (χ1v) is 24.9. The first-order valence-electron chi connectivity index (χ1n) is 24.9. The second kappa shape index (κ2) is 14.7. The van der Waals surface area contributed by atoms with Crippen molar-refractivity contribution >= 4 is 34.9 Å². The average molecular weight is 855 g/mol. The number of hydrogen-bond donors (Lipinski definition) is 0. The molecule has 1 unspecified atom stereocenters. The molecule has 0 N–H and O–H groups in total. The van der Waals surface area contributed by atoms with Crippen LogP contribution in [0.15, 0.2) is 107 Å². The van der Waals surface area contributed by atoms with Crippen molar-refractivity contribution in [1.82, 2.24) is 0 Å². The van der Waals surface area contributed by atoms with Gasteiger partial charge in [0.15, 0.2) is 0 Å². The molecule has 6 aliphatic rings. The molecule has 3 heterocycles. The van der Waals surface area contributed by atoms with E-state index in [1.54, 1.807) is 5.57 Å². The molecule has 1 saturated carbocycles. The van der Waals surface area contributed by atoms with Crippen LogP contribution in [0.1, 0.15) is 183 Å². The predicted octanol–water partition coefficient (Wildman–Crippen LogP) is 16.2. The Bertz CT molecular complexity index is 2590. The van der Waals surface area contributed by atoms with E-state index in [1.807, 2.05) is 0 Å². The summed E-state index contributed by atoms with van der Waals surface area (Å²) in [6, 6.07) is 19.7. The Hall–Kier alpha value is -4.18. The maximum Gasteiger partial charge on any atom is 0.295 e. The van der Waals surface area contributed by atoms with Crippen LogP contribution in [0, 0.1) is 30.1 Å². The molecule has 3 nitrogen and oxygen atoms in total. The van der Waals surface area contributed by atoms with Gasteiger partial charge in [-0.2, -0.15) is 0 Å². The lowest BCUT2D eigenvalue weighted by Gasteiger charge is -2.47. The van der Waals surface area contributed by atoms with Gasteiger partial charge in [0.1, 0.15) is 5.60 Å². The second-order valence-corrected chi connectivity index (χ2v) is 25.8. The summed E-state index contributed by atoms with van der Waals surface area (Å²) in [4.78, 5) is 5.35. The maximum atomic E-state index is 7.78. The van der Waals surface area contributed by atoms with Crippen molar-refractivity contribution in [3.8, 4) is 0 Å². The molecule has 3 aromatic carbocycles. The van der Waals surface area contributed by atoms with Crippen molar-refractivity contribution in [3.63, 3.8) is 0 Å². The first kappa shape index (κ1) is 45.0. The molecule has 0 bridgehead atoms. The summed E-state index contributed by atoms with van der Waals surface area (Å²) < 4.78 is 7.78. The average Bonchev–Trinajstić information content (AvgIpc) is 3.55. The Kier molecular flexibility index (Phi) is 10.3. The van der Waals surface area contributed by atoms with Crippen molar-refractivity contribution in [1.29, 1.82) is 0 Å². The molecule has 3 aromatic rings. The summed E-state index contributed by atoms with van der Waals surface area (Å²) in [5.41, 5.74) is 22.1. The van der Waals surface area contributed by atoms with Crippen molar-refractivity contribution in [3.05, 3.63) is 134 Å². The zero-order chi connectivity index (χ0) is 46.3. The lowest BCUT2D eigenvalue weighted by Crippen LogP contribution is -2.50. The number of nitrogens with zero attached hydrogens (tertiary/aromatic N) is 2. The SMILES string of the molecule is CCC1=C(/C=C2\CC(C)(C)CCC2(C)C)B2C3=C(CC4(C=CC(C(C)(C)C)=CC4)O3)N(c3ccc(C(C)(C)C)cc3)c3cc(C)cc(c32)N1c1cc2c(cc1C)C(C)(C)CCC2(C)C. The number of rotatable bonds is 4. The molecule has 4 heteroatoms. The molecular formula is C60H79BN2O. The van der Waals surface area contributed by atoms with E-state index in [2.05, 4.69) is 200 Å². The Morgan fingerprint density at radius 3 is 1.89 bits per heavy atom. The van der Waals surface area contributed by atoms with Crippen LogP contribution >= 0.6 is 0 Å². The van der Waals surface area contributed by atoms with Crippen molar-refractivity contribution < 1.29 is 4.74 Å². The highest BCUT2D eigenvalue weighted by atomic mass is 16.5. The van der Waals surface area contributed by atoms with E-state index < -0.39 is 5.60 Å². The molecule has 1 atom stereocenters. The van der Waals surface area contributed by atoms with Gasteiger partial charge in [-0.1, -0.05) is 146 Å². The number of anilines is 4. The molecule has 338 valence electrons. The monoisotopic (exact) mass is 855 g/mol. The largest absolute Gasteiger partial charge is 0.494 e. The van der Waals surface area contributed by atoms with Crippen LogP contribution in [0.4, 0.5) is 22.7 Å². The topological polar surface area (TPSA) is 15.7 Å². The summed E-state index contributed by atoms with van der Waals surface area (Å²) in [7, 11) is 0. The van der Waals surface area contributed by atoms with E-state index >= 15 is 0 Å². The van der Waals surface area contributed by atoms with Crippen LogP contribution in [0.3, 0.4) is 0 Å². The summed E-state index contributed by atoms with van der Waals surface area (Å²) in [6.45, 7) is 40.8. The molecule has 9 rings (SSSR count). The Labute approximate surface area is 389 Å². The lowest BCUT2D eigenvalue weighted by atomic mass is 9.34. The van der Waals surface area contributed by atoms with Crippen molar-refractivity contribution in [2.24, 2.45) is 16.2 Å². The third kappa shape index (κ3) is 7.40. The minimum Gasteiger partial charge on any atom is -0.494 e. The molecular weight excluding hydrogens is 775 g/mol. The second-order valence-electron chi connectivity index (χ2n) is 25.8. The summed E-state index contributed by atoms with van der Waals surface area (Å²) in [5.74, 6) is 0. The fraction of sp³-hybridized carbons (Fsp3) is 0.533. The van der Waals surface area contributed by atoms with Gasteiger partial charge in [0, 0.05) is 41.3 Å². The summed E-state index contributed by atoms with van der Waals surface area (Å²) in [5, 5.41) is 0. The van der Waals surface area contributed by atoms with Crippen LogP contribution < -0.4 is 15.3 Å². The van der Waals surface area contributed by atoms with Gasteiger partial charge < -0.3 is 14.5 Å². The molecule has 64 heavy (non-hydrogen) atoms. The van der Waals surface area contributed by atoms with Crippen LogP contribution in [0.5, 0.6) is 0 Å². The summed E-state index contributed by atoms with van der Waals surface area (Å²) in [6.07, 6.45) is 18.5. The third-order valence-electron chi connectivity index (χ3n) is 16.7. The van der Waals surface area contributed by atoms with Crippen molar-refractivity contribution in [2.45, 2.75) is 191 Å². The van der Waals surface area contributed by atoms with E-state index in [1.165, 1.54) is 104 Å². The fourth-order valence-corrected chi connectivity index (χ4v) is 12.2. The van der Waals surface area contributed by atoms with Gasteiger partial charge in [0.25, 0.3) is 6.71 Å². The Morgan fingerprint density at radius 2 is 1.31 bits per heavy atom. The third-order valence-corrected chi connectivity index (χ3v) is 16.7. The predicted molar refractivity (Wildman–Crippen MR) is 276 cm³/mol. The van der Waals surface area contributed by atoms with Crippen LogP contribution in [0.2, 0.25) is 0 Å². The zero-order valence-electron chi connectivity index (χ0n) is 43.0. The minimum atomic E-state index is -0.443. The van der Waals surface area contributed by atoms with E-state index in [-0.39, 0.29) is 39.2 Å². The quantitative estimate of drug-likeness (QED) is 0.243. The number of fused-ring (bicyclic) bond motifs is 2. The molecule has 1 fully saturated rings. The number of aryl methyl sites for hydroxylation is 2. The van der Waals surface area contributed by atoms with Gasteiger partial charge in [0.2, 0.25) is 0 Å².